The third-order valence-corrected chi connectivity index (χ3v) is 5.15. The molecule has 1 unspecified atom stereocenters. The lowest BCUT2D eigenvalue weighted by atomic mass is 10.3. The van der Waals surface area contributed by atoms with E-state index in [1.165, 1.54) is 12.1 Å². The van der Waals surface area contributed by atoms with Crippen LogP contribution in [0, 0.1) is 0 Å². The van der Waals surface area contributed by atoms with Gasteiger partial charge in [0.2, 0.25) is 17.8 Å². The van der Waals surface area contributed by atoms with E-state index in [0.29, 0.717) is 36.4 Å². The molecular formula is C15H23N7O7S2. The van der Waals surface area contributed by atoms with E-state index in [9.17, 15) is 18.1 Å². The minimum absolute atomic E-state index is 0.0608. The Morgan fingerprint density at radius 3 is 2.48 bits per heavy atom. The second-order valence-electron chi connectivity index (χ2n) is 5.95. The van der Waals surface area contributed by atoms with Gasteiger partial charge < -0.3 is 26.8 Å². The second kappa shape index (κ2) is 11.9. The van der Waals surface area contributed by atoms with E-state index < -0.39 is 21.1 Å². The fourth-order valence-electron chi connectivity index (χ4n) is 2.19. The SMILES string of the molecule is CCC(O)CNc1nc(NCCN)nc(Nc2cc(SOOO)ccc2S(=O)(=O)O)n1. The van der Waals surface area contributed by atoms with Gasteiger partial charge in [-0.3, -0.25) is 4.55 Å². The van der Waals surface area contributed by atoms with Crippen LogP contribution in [0.5, 0.6) is 0 Å². The highest BCUT2D eigenvalue weighted by atomic mass is 32.2. The molecule has 31 heavy (non-hydrogen) atoms. The topological polar surface area (TPSA) is 214 Å². The Bertz CT molecular complexity index is 965. The molecule has 1 atom stereocenters. The molecule has 1 aromatic carbocycles. The van der Waals surface area contributed by atoms with Crippen LogP contribution < -0.4 is 21.7 Å². The maximum Gasteiger partial charge on any atom is 0.296 e. The number of nitrogens with zero attached hydrogens (tertiary/aromatic N) is 3. The third-order valence-electron chi connectivity index (χ3n) is 3.67. The highest BCUT2D eigenvalue weighted by Crippen LogP contribution is 2.30. The predicted octanol–water partition coefficient (Wildman–Crippen LogP) is 0.844. The zero-order chi connectivity index (χ0) is 22.9. The highest BCUT2D eigenvalue weighted by Gasteiger charge is 2.18. The molecule has 14 nitrogen and oxygen atoms in total. The standard InChI is InChI=1S/C15H23N7O7S2/c1-2-9(23)8-18-14-20-13(17-6-5-16)21-15(22-14)19-11-7-10(30-29-28-24)3-4-12(11)31(25,26)27/h3-4,7,9,23-24H,2,5-6,8,16H2,1H3,(H,25,26,27)(H3,17,18,19,20,21,22). The van der Waals surface area contributed by atoms with Crippen molar-refractivity contribution < 1.29 is 32.7 Å². The molecule has 0 aliphatic heterocycles. The van der Waals surface area contributed by atoms with Crippen LogP contribution in [-0.4, -0.2) is 64.0 Å². The number of aliphatic hydroxyl groups is 1. The normalized spacial score (nSPS) is 12.4. The average Bonchev–Trinajstić information content (AvgIpc) is 2.73. The van der Waals surface area contributed by atoms with Gasteiger partial charge in [-0.1, -0.05) is 12.0 Å². The molecule has 0 aliphatic carbocycles. The molecule has 0 spiro atoms. The van der Waals surface area contributed by atoms with Crippen molar-refractivity contribution in [3.63, 3.8) is 0 Å². The van der Waals surface area contributed by atoms with Gasteiger partial charge in [0, 0.05) is 24.5 Å². The minimum atomic E-state index is -4.60. The van der Waals surface area contributed by atoms with Crippen molar-refractivity contribution in [1.29, 1.82) is 0 Å². The van der Waals surface area contributed by atoms with Crippen molar-refractivity contribution in [2.75, 3.05) is 35.6 Å². The Morgan fingerprint density at radius 2 is 1.87 bits per heavy atom. The third kappa shape index (κ3) is 8.04. The first-order chi connectivity index (χ1) is 14.8. The van der Waals surface area contributed by atoms with Gasteiger partial charge in [-0.25, -0.2) is 5.26 Å². The smallest absolute Gasteiger partial charge is 0.296 e. The summed E-state index contributed by atoms with van der Waals surface area (Å²) in [4.78, 5) is 12.3. The molecular weight excluding hydrogens is 454 g/mol. The van der Waals surface area contributed by atoms with Crippen LogP contribution in [-0.2, 0) is 19.5 Å². The van der Waals surface area contributed by atoms with E-state index in [-0.39, 0.29) is 30.1 Å². The zero-order valence-corrected chi connectivity index (χ0v) is 18.0. The van der Waals surface area contributed by atoms with E-state index >= 15 is 0 Å². The molecule has 1 heterocycles. The summed E-state index contributed by atoms with van der Waals surface area (Å²) in [6, 6.07) is 3.74. The summed E-state index contributed by atoms with van der Waals surface area (Å²) in [5, 5.41) is 30.0. The molecule has 2 aromatic rings. The van der Waals surface area contributed by atoms with Crippen molar-refractivity contribution in [3.8, 4) is 0 Å². The maximum absolute atomic E-state index is 11.7. The van der Waals surface area contributed by atoms with Gasteiger partial charge in [-0.15, -0.1) is 4.33 Å². The summed E-state index contributed by atoms with van der Waals surface area (Å²) in [5.41, 5.74) is 5.40. The Labute approximate surface area is 182 Å². The Hall–Kier alpha value is -2.31. The van der Waals surface area contributed by atoms with Crippen LogP contribution in [0.4, 0.5) is 23.5 Å². The summed E-state index contributed by atoms with van der Waals surface area (Å²) in [7, 11) is -4.60. The van der Waals surface area contributed by atoms with Crippen LogP contribution in [0.2, 0.25) is 0 Å². The number of anilines is 4. The number of aliphatic hydroxyl groups excluding tert-OH is 1. The van der Waals surface area contributed by atoms with E-state index in [0.717, 1.165) is 6.07 Å². The summed E-state index contributed by atoms with van der Waals surface area (Å²) < 4.78 is 37.4. The Balaban J connectivity index is 2.39. The van der Waals surface area contributed by atoms with Crippen LogP contribution in [0.15, 0.2) is 28.0 Å². The van der Waals surface area contributed by atoms with Gasteiger partial charge in [0.05, 0.1) is 23.8 Å². The van der Waals surface area contributed by atoms with Gasteiger partial charge in [0.25, 0.3) is 10.1 Å². The molecule has 0 aliphatic rings. The number of aromatic nitrogens is 3. The predicted molar refractivity (Wildman–Crippen MR) is 112 cm³/mol. The van der Waals surface area contributed by atoms with Crippen molar-refractivity contribution in [3.05, 3.63) is 18.2 Å². The van der Waals surface area contributed by atoms with Gasteiger partial charge in [0.15, 0.2) is 0 Å². The summed E-state index contributed by atoms with van der Waals surface area (Å²) in [6.45, 7) is 2.66. The van der Waals surface area contributed by atoms with Crippen molar-refractivity contribution >= 4 is 45.7 Å². The fourth-order valence-corrected chi connectivity index (χ4v) is 3.21. The van der Waals surface area contributed by atoms with E-state index in [2.05, 4.69) is 40.3 Å². The van der Waals surface area contributed by atoms with Gasteiger partial charge in [-0.2, -0.15) is 23.4 Å². The van der Waals surface area contributed by atoms with E-state index in [4.69, 9.17) is 11.0 Å². The van der Waals surface area contributed by atoms with E-state index in [1.54, 1.807) is 0 Å². The summed E-state index contributed by atoms with van der Waals surface area (Å²) in [6.07, 6.45) is -0.106. The number of benzene rings is 1. The van der Waals surface area contributed by atoms with Crippen LogP contribution >= 0.6 is 12.0 Å². The number of nitrogens with one attached hydrogen (secondary N) is 3. The molecule has 16 heteroatoms. The largest absolute Gasteiger partial charge is 0.391 e. The Kier molecular flexibility index (Phi) is 9.59. The van der Waals surface area contributed by atoms with Crippen LogP contribution in [0.1, 0.15) is 13.3 Å². The quantitative estimate of drug-likeness (QED) is 0.0921. The lowest BCUT2D eigenvalue weighted by molar-refractivity contribution is -0.432. The monoisotopic (exact) mass is 477 g/mol. The first-order valence-corrected chi connectivity index (χ1v) is 11.1. The van der Waals surface area contributed by atoms with Crippen molar-refractivity contribution in [2.45, 2.75) is 29.2 Å². The number of rotatable bonds is 13. The molecule has 0 saturated carbocycles. The molecule has 0 bridgehead atoms. The molecule has 8 N–H and O–H groups in total. The molecule has 2 rings (SSSR count). The van der Waals surface area contributed by atoms with Crippen molar-refractivity contribution in [1.82, 2.24) is 15.0 Å². The Morgan fingerprint density at radius 1 is 1.19 bits per heavy atom. The summed E-state index contributed by atoms with van der Waals surface area (Å²) >= 11 is 0.587. The molecule has 0 saturated heterocycles. The van der Waals surface area contributed by atoms with Gasteiger partial charge >= 0.3 is 0 Å². The maximum atomic E-state index is 11.7. The molecule has 0 fully saturated rings. The molecule has 0 amide bonds. The lowest BCUT2D eigenvalue weighted by Crippen LogP contribution is -2.21. The van der Waals surface area contributed by atoms with Crippen molar-refractivity contribution in [2.24, 2.45) is 5.73 Å². The van der Waals surface area contributed by atoms with Gasteiger partial charge in [0.1, 0.15) is 4.90 Å². The fraction of sp³-hybridized carbons (Fsp3) is 0.400. The van der Waals surface area contributed by atoms with Gasteiger partial charge in [-0.05, 0) is 24.6 Å². The molecule has 0 radical (unpaired) electrons. The average molecular weight is 478 g/mol. The summed E-state index contributed by atoms with van der Waals surface area (Å²) in [5.74, 6) is 0.197. The molecule has 1 aromatic heterocycles. The first-order valence-electron chi connectivity index (χ1n) is 8.92. The number of nitrogens with two attached hydrogens (primary N) is 1. The van der Waals surface area contributed by atoms with Crippen LogP contribution in [0.25, 0.3) is 0 Å². The number of hydrogen-bond donors (Lipinski definition) is 7. The van der Waals surface area contributed by atoms with E-state index in [1.807, 2.05) is 6.92 Å². The lowest BCUT2D eigenvalue weighted by Gasteiger charge is -2.14. The minimum Gasteiger partial charge on any atom is -0.391 e. The molecule has 172 valence electrons. The first kappa shape index (κ1) is 25.0. The zero-order valence-electron chi connectivity index (χ0n) is 16.3. The highest BCUT2D eigenvalue weighted by molar-refractivity contribution is 7.94. The second-order valence-corrected chi connectivity index (χ2v) is 8.11. The van der Waals surface area contributed by atoms with Crippen LogP contribution in [0.3, 0.4) is 0 Å². The number of hydrogen-bond acceptors (Lipinski definition) is 14.